The van der Waals surface area contributed by atoms with Gasteiger partial charge in [0.1, 0.15) is 42.7 Å². The lowest BCUT2D eigenvalue weighted by Crippen LogP contribution is -2.34. The van der Waals surface area contributed by atoms with Gasteiger partial charge in [-0.2, -0.15) is 0 Å². The number of allylic oxidation sites excluding steroid dienone is 2. The van der Waals surface area contributed by atoms with E-state index in [0.29, 0.717) is 32.3 Å². The fourth-order valence-corrected chi connectivity index (χ4v) is 8.53. The van der Waals surface area contributed by atoms with E-state index in [1.807, 2.05) is 0 Å². The maximum absolute atomic E-state index is 13.7. The zero-order chi connectivity index (χ0) is 47.0. The molecule has 0 aliphatic heterocycles. The molecule has 0 saturated carbocycles. The quantitative estimate of drug-likeness (QED) is 0.0260. The Balaban J connectivity index is 5.48. The van der Waals surface area contributed by atoms with Crippen LogP contribution in [0.4, 0.5) is 0 Å². The Bertz CT molecular complexity index is 1020. The summed E-state index contributed by atoms with van der Waals surface area (Å²) in [5.41, 5.74) is 0. The summed E-state index contributed by atoms with van der Waals surface area (Å²) in [6.07, 6.45) is 46.5. The summed E-state index contributed by atoms with van der Waals surface area (Å²) in [5.74, 6) is -2.55. The third-order valence-corrected chi connectivity index (χ3v) is 12.9. The number of carbonyl (C=O) groups is 4. The van der Waals surface area contributed by atoms with E-state index in [2.05, 4.69) is 46.8 Å². The minimum atomic E-state index is -0.770. The Labute approximate surface area is 396 Å². The molecule has 0 amide bonds. The molecule has 0 rings (SSSR count). The summed E-state index contributed by atoms with van der Waals surface area (Å²) in [6.45, 7) is 11.3. The Morgan fingerprint density at radius 1 is 0.359 bits per heavy atom. The summed E-state index contributed by atoms with van der Waals surface area (Å²) in [7, 11) is 0. The van der Waals surface area contributed by atoms with Gasteiger partial charge in [0.05, 0.1) is 0 Å². The first kappa shape index (κ1) is 62.0. The van der Waals surface area contributed by atoms with E-state index in [1.54, 1.807) is 0 Å². The van der Waals surface area contributed by atoms with Gasteiger partial charge < -0.3 is 14.2 Å². The highest BCUT2D eigenvalue weighted by Crippen LogP contribution is 2.21. The number of carbonyl (C=O) groups excluding carboxylic acids is 4. The highest BCUT2D eigenvalue weighted by atomic mass is 16.6. The first-order valence-corrected chi connectivity index (χ1v) is 28.0. The molecule has 2 atom stereocenters. The molecule has 0 saturated heterocycles. The molecule has 0 aromatic rings. The predicted octanol–water partition coefficient (Wildman–Crippen LogP) is 17.1. The summed E-state index contributed by atoms with van der Waals surface area (Å²) < 4.78 is 18.1. The van der Waals surface area contributed by atoms with Crippen LogP contribution in [0.5, 0.6) is 0 Å². The van der Waals surface area contributed by atoms with Crippen LogP contribution in [-0.4, -0.2) is 49.4 Å². The molecule has 0 aliphatic rings. The highest BCUT2D eigenvalue weighted by molar-refractivity contribution is 5.99. The molecule has 0 fully saturated rings. The monoisotopic (exact) mass is 903 g/mol. The normalized spacial score (nSPS) is 13.0. The number of hydrogen-bond acceptors (Lipinski definition) is 7. The highest BCUT2D eigenvalue weighted by Gasteiger charge is 2.30. The van der Waals surface area contributed by atoms with Gasteiger partial charge in [0, 0.05) is 19.4 Å². The van der Waals surface area contributed by atoms with E-state index >= 15 is 0 Å². The van der Waals surface area contributed by atoms with Gasteiger partial charge in [0.25, 0.3) is 0 Å². The third-order valence-electron chi connectivity index (χ3n) is 12.9. The van der Waals surface area contributed by atoms with Crippen molar-refractivity contribution in [2.75, 3.05) is 19.8 Å². The van der Waals surface area contributed by atoms with Crippen molar-refractivity contribution in [1.82, 2.24) is 0 Å². The molecule has 0 aromatic heterocycles. The molecule has 0 radical (unpaired) electrons. The van der Waals surface area contributed by atoms with E-state index in [0.717, 1.165) is 128 Å². The Kier molecular flexibility index (Phi) is 47.4. The van der Waals surface area contributed by atoms with Crippen LogP contribution in [0.15, 0.2) is 12.2 Å². The number of esters is 2. The van der Waals surface area contributed by atoms with Crippen molar-refractivity contribution in [2.45, 2.75) is 298 Å². The summed E-state index contributed by atoms with van der Waals surface area (Å²) in [5, 5.41) is 0. The van der Waals surface area contributed by atoms with E-state index < -0.39 is 29.9 Å². The molecule has 0 spiro atoms. The van der Waals surface area contributed by atoms with Crippen LogP contribution < -0.4 is 0 Å². The first-order chi connectivity index (χ1) is 31.4. The summed E-state index contributed by atoms with van der Waals surface area (Å²) >= 11 is 0. The van der Waals surface area contributed by atoms with Gasteiger partial charge in [-0.15, -0.1) is 0 Å². The topological polar surface area (TPSA) is 96.0 Å². The van der Waals surface area contributed by atoms with Gasteiger partial charge in [0.2, 0.25) is 0 Å². The largest absolute Gasteiger partial charge is 0.462 e. The van der Waals surface area contributed by atoms with Crippen LogP contribution in [0.1, 0.15) is 291 Å². The van der Waals surface area contributed by atoms with Gasteiger partial charge in [-0.05, 0) is 57.8 Å². The van der Waals surface area contributed by atoms with E-state index in [9.17, 15) is 19.2 Å². The van der Waals surface area contributed by atoms with Crippen molar-refractivity contribution in [3.05, 3.63) is 12.2 Å². The number of ketones is 2. The lowest BCUT2D eigenvalue weighted by molar-refractivity contribution is -0.162. The molecule has 0 heterocycles. The van der Waals surface area contributed by atoms with Gasteiger partial charge in [-0.25, -0.2) is 0 Å². The number of hydrogen-bond donors (Lipinski definition) is 0. The molecule has 0 aliphatic carbocycles. The minimum absolute atomic E-state index is 0.0196. The lowest BCUT2D eigenvalue weighted by atomic mass is 9.93. The lowest BCUT2D eigenvalue weighted by Gasteiger charge is -2.22. The number of unbranched alkanes of at least 4 members (excludes halogenated alkanes) is 30. The van der Waals surface area contributed by atoms with Crippen LogP contribution in [0.25, 0.3) is 0 Å². The molecular weight excluding hydrogens is 797 g/mol. The number of rotatable bonds is 51. The average Bonchev–Trinajstić information content (AvgIpc) is 3.29. The van der Waals surface area contributed by atoms with Gasteiger partial charge >= 0.3 is 11.9 Å². The second kappa shape index (κ2) is 48.9. The van der Waals surface area contributed by atoms with E-state index in [-0.39, 0.29) is 24.8 Å². The molecule has 2 unspecified atom stereocenters. The molecule has 376 valence electrons. The van der Waals surface area contributed by atoms with Crippen molar-refractivity contribution < 1.29 is 33.4 Å². The molecule has 0 bridgehead atoms. The third kappa shape index (κ3) is 39.2. The smallest absolute Gasteiger partial charge is 0.316 e. The van der Waals surface area contributed by atoms with Crippen molar-refractivity contribution >= 4 is 23.5 Å². The molecule has 64 heavy (non-hydrogen) atoms. The van der Waals surface area contributed by atoms with Crippen molar-refractivity contribution in [3.63, 3.8) is 0 Å². The van der Waals surface area contributed by atoms with Crippen LogP contribution >= 0.6 is 0 Å². The van der Waals surface area contributed by atoms with Gasteiger partial charge in [0.15, 0.2) is 0 Å². The second-order valence-corrected chi connectivity index (χ2v) is 19.2. The molecule has 7 heteroatoms. The van der Waals surface area contributed by atoms with E-state index in [4.69, 9.17) is 14.2 Å². The average molecular weight is 903 g/mol. The first-order valence-electron chi connectivity index (χ1n) is 28.0. The van der Waals surface area contributed by atoms with Crippen LogP contribution in [0, 0.1) is 11.8 Å². The van der Waals surface area contributed by atoms with Crippen molar-refractivity contribution in [1.29, 1.82) is 0 Å². The summed E-state index contributed by atoms with van der Waals surface area (Å²) in [6, 6.07) is 0. The Morgan fingerprint density at radius 3 is 1.02 bits per heavy atom. The van der Waals surface area contributed by atoms with Crippen LogP contribution in [0.3, 0.4) is 0 Å². The molecule has 7 nitrogen and oxygen atoms in total. The molecule has 0 aromatic carbocycles. The fraction of sp³-hybridized carbons (Fsp3) is 0.895. The number of Topliss-reactive ketones (excluding diaryl/α,β-unsaturated/α-hetero) is 2. The standard InChI is InChI=1S/C57H106O7/c1-6-11-16-21-24-25-26-27-28-29-30-31-32-33-38-43-48-62-51(49-63-56(60)52(44-39-36-22-17-12-7-2)54(58)46-41-34-19-14-9-4)50-64-57(61)53(45-40-37-23-18-13-8-3)55(59)47-42-35-20-15-10-5/h27-28,51-53H,6-26,29-50H2,1-5H3/b28-27-. The van der Waals surface area contributed by atoms with E-state index in [1.165, 1.54) is 103 Å². The molecular formula is C57H106O7. The van der Waals surface area contributed by atoms with Crippen LogP contribution in [0.2, 0.25) is 0 Å². The second-order valence-electron chi connectivity index (χ2n) is 19.2. The van der Waals surface area contributed by atoms with Crippen molar-refractivity contribution in [3.8, 4) is 0 Å². The maximum Gasteiger partial charge on any atom is 0.316 e. The van der Waals surface area contributed by atoms with Gasteiger partial charge in [-0.3, -0.25) is 19.2 Å². The molecule has 0 N–H and O–H groups in total. The van der Waals surface area contributed by atoms with Gasteiger partial charge in [-0.1, -0.05) is 233 Å². The zero-order valence-electron chi connectivity index (χ0n) is 43.2. The minimum Gasteiger partial charge on any atom is -0.462 e. The zero-order valence-corrected chi connectivity index (χ0v) is 43.2. The summed E-state index contributed by atoms with van der Waals surface area (Å²) in [4.78, 5) is 54.3. The number of ether oxygens (including phenoxy) is 3. The predicted molar refractivity (Wildman–Crippen MR) is 271 cm³/mol. The Morgan fingerprint density at radius 2 is 0.656 bits per heavy atom. The van der Waals surface area contributed by atoms with Crippen molar-refractivity contribution in [2.24, 2.45) is 11.8 Å². The van der Waals surface area contributed by atoms with Crippen LogP contribution in [-0.2, 0) is 33.4 Å². The maximum atomic E-state index is 13.7. The SMILES string of the molecule is CCCCCCCC/C=C\CCCCCCCCOC(COC(=O)C(CCCCCCCC)C(=O)CCCCCCC)COC(=O)C(CCCCCCCC)C(=O)CCCCCCC. The fourth-order valence-electron chi connectivity index (χ4n) is 8.53. The Hall–Kier alpha value is -2.02.